The summed E-state index contributed by atoms with van der Waals surface area (Å²) < 4.78 is 0. The van der Waals surface area contributed by atoms with Crippen molar-refractivity contribution in [3.63, 3.8) is 0 Å². The third-order valence-corrected chi connectivity index (χ3v) is 5.72. The van der Waals surface area contributed by atoms with Crippen LogP contribution in [-0.2, 0) is 6.42 Å². The lowest BCUT2D eigenvalue weighted by Crippen LogP contribution is -2.41. The Morgan fingerprint density at radius 3 is 2.74 bits per heavy atom. The fourth-order valence-corrected chi connectivity index (χ4v) is 4.14. The second-order valence-electron chi connectivity index (χ2n) is 6.28. The molecule has 2 rings (SSSR count). The molecule has 4 unspecified atom stereocenters. The Balaban J connectivity index is 1.99. The van der Waals surface area contributed by atoms with E-state index in [1.807, 2.05) is 11.3 Å². The number of aryl methyl sites for hydroxylation is 1. The van der Waals surface area contributed by atoms with Crippen molar-refractivity contribution in [3.05, 3.63) is 16.1 Å². The molecule has 108 valence electrons. The fourth-order valence-electron chi connectivity index (χ4n) is 3.31. The van der Waals surface area contributed by atoms with E-state index >= 15 is 0 Å². The van der Waals surface area contributed by atoms with Crippen LogP contribution in [0, 0.1) is 24.7 Å². The minimum Gasteiger partial charge on any atom is -0.314 e. The molecule has 0 bridgehead atoms. The second-order valence-corrected chi connectivity index (χ2v) is 7.22. The summed E-state index contributed by atoms with van der Waals surface area (Å²) >= 11 is 1.82. The normalized spacial score (nSPS) is 29.4. The molecule has 0 spiro atoms. The molecule has 1 heterocycles. The van der Waals surface area contributed by atoms with Gasteiger partial charge in [-0.3, -0.25) is 0 Å². The number of likely N-dealkylation sites (N-methyl/N-ethyl adjacent to an activating group) is 1. The second kappa shape index (κ2) is 6.85. The van der Waals surface area contributed by atoms with Crippen molar-refractivity contribution in [1.82, 2.24) is 10.3 Å². The van der Waals surface area contributed by atoms with Gasteiger partial charge in [-0.15, -0.1) is 11.3 Å². The molecule has 4 atom stereocenters. The van der Waals surface area contributed by atoms with Gasteiger partial charge in [0, 0.05) is 23.5 Å². The molecule has 1 N–H and O–H groups in total. The summed E-state index contributed by atoms with van der Waals surface area (Å²) in [6.45, 7) is 10.2. The van der Waals surface area contributed by atoms with E-state index < -0.39 is 0 Å². The van der Waals surface area contributed by atoms with Crippen LogP contribution in [0.4, 0.5) is 0 Å². The number of thiazole rings is 1. The van der Waals surface area contributed by atoms with Crippen molar-refractivity contribution in [1.29, 1.82) is 0 Å². The van der Waals surface area contributed by atoms with Gasteiger partial charge in [-0.1, -0.05) is 27.2 Å². The zero-order valence-electron chi connectivity index (χ0n) is 12.8. The first-order chi connectivity index (χ1) is 9.10. The smallest absolute Gasteiger partial charge is 0.0943 e. The lowest BCUT2D eigenvalue weighted by molar-refractivity contribution is 0.171. The van der Waals surface area contributed by atoms with Crippen molar-refractivity contribution in [2.75, 3.05) is 6.54 Å². The molecule has 3 heteroatoms. The average Bonchev–Trinajstić information content (AvgIpc) is 2.78. The van der Waals surface area contributed by atoms with Crippen LogP contribution in [0.2, 0.25) is 0 Å². The Hall–Kier alpha value is -0.410. The minimum atomic E-state index is 0.616. The van der Waals surface area contributed by atoms with E-state index in [1.54, 1.807) is 0 Å². The molecule has 1 aliphatic rings. The highest BCUT2D eigenvalue weighted by molar-refractivity contribution is 7.09. The van der Waals surface area contributed by atoms with Crippen LogP contribution in [0.15, 0.2) is 5.38 Å². The molecule has 1 saturated carbocycles. The van der Waals surface area contributed by atoms with Crippen LogP contribution < -0.4 is 5.32 Å². The summed E-state index contributed by atoms with van der Waals surface area (Å²) in [4.78, 5) is 4.64. The van der Waals surface area contributed by atoms with Gasteiger partial charge >= 0.3 is 0 Å². The molecule has 1 aromatic rings. The largest absolute Gasteiger partial charge is 0.314 e. The number of rotatable bonds is 5. The van der Waals surface area contributed by atoms with E-state index in [4.69, 9.17) is 0 Å². The third-order valence-electron chi connectivity index (χ3n) is 4.74. The highest BCUT2D eigenvalue weighted by Crippen LogP contribution is 2.35. The zero-order chi connectivity index (χ0) is 13.8. The van der Waals surface area contributed by atoms with Crippen LogP contribution in [0.5, 0.6) is 0 Å². The maximum atomic E-state index is 4.64. The molecular formula is C16H28N2S. The topological polar surface area (TPSA) is 24.9 Å². The van der Waals surface area contributed by atoms with Crippen molar-refractivity contribution < 1.29 is 0 Å². The Morgan fingerprint density at radius 2 is 2.16 bits per heavy atom. The molecule has 0 aliphatic heterocycles. The van der Waals surface area contributed by atoms with E-state index in [0.29, 0.717) is 6.04 Å². The van der Waals surface area contributed by atoms with Crippen LogP contribution >= 0.6 is 11.3 Å². The molecule has 0 amide bonds. The van der Waals surface area contributed by atoms with Gasteiger partial charge in [0.2, 0.25) is 0 Å². The molecule has 0 saturated heterocycles. The van der Waals surface area contributed by atoms with Crippen molar-refractivity contribution in [2.45, 2.75) is 59.4 Å². The van der Waals surface area contributed by atoms with E-state index in [2.05, 4.69) is 43.4 Å². The maximum absolute atomic E-state index is 4.64. The van der Waals surface area contributed by atoms with Crippen LogP contribution in [0.25, 0.3) is 0 Å². The van der Waals surface area contributed by atoms with E-state index in [9.17, 15) is 0 Å². The van der Waals surface area contributed by atoms with Gasteiger partial charge in [-0.2, -0.15) is 0 Å². The summed E-state index contributed by atoms with van der Waals surface area (Å²) in [5.74, 6) is 2.61. The molecule has 1 aromatic heterocycles. The van der Waals surface area contributed by atoms with Crippen LogP contribution in [0.3, 0.4) is 0 Å². The molecule has 19 heavy (non-hydrogen) atoms. The average molecular weight is 280 g/mol. The van der Waals surface area contributed by atoms with E-state index in [-0.39, 0.29) is 0 Å². The Labute approximate surface area is 122 Å². The lowest BCUT2D eigenvalue weighted by Gasteiger charge is -2.37. The monoisotopic (exact) mass is 280 g/mol. The van der Waals surface area contributed by atoms with Crippen molar-refractivity contribution >= 4 is 11.3 Å². The predicted molar refractivity (Wildman–Crippen MR) is 83.7 cm³/mol. The number of hydrogen-bond acceptors (Lipinski definition) is 3. The molecule has 0 aromatic carbocycles. The quantitative estimate of drug-likeness (QED) is 0.880. The van der Waals surface area contributed by atoms with Gasteiger partial charge in [0.1, 0.15) is 0 Å². The van der Waals surface area contributed by atoms with Crippen molar-refractivity contribution in [3.8, 4) is 0 Å². The number of nitrogens with one attached hydrogen (secondary N) is 1. The standard InChI is InChI=1S/C16H28N2S/c1-5-17-15(9-16-18-13(4)10-19-16)14-7-6-11(2)12(3)8-14/h10-12,14-15,17H,5-9H2,1-4H3. The Morgan fingerprint density at radius 1 is 1.37 bits per heavy atom. The lowest BCUT2D eigenvalue weighted by atomic mass is 9.72. The predicted octanol–water partition coefficient (Wildman–Crippen LogP) is 4.04. The maximum Gasteiger partial charge on any atom is 0.0943 e. The van der Waals surface area contributed by atoms with Gasteiger partial charge in [0.05, 0.1) is 5.01 Å². The number of hydrogen-bond donors (Lipinski definition) is 1. The van der Waals surface area contributed by atoms with Crippen molar-refractivity contribution in [2.24, 2.45) is 17.8 Å². The summed E-state index contributed by atoms with van der Waals surface area (Å²) in [5, 5.41) is 7.18. The first kappa shape index (κ1) is 15.0. The molecule has 0 radical (unpaired) electrons. The molecular weight excluding hydrogens is 252 g/mol. The Kier molecular flexibility index (Phi) is 5.40. The highest BCUT2D eigenvalue weighted by atomic mass is 32.1. The highest BCUT2D eigenvalue weighted by Gasteiger charge is 2.30. The van der Waals surface area contributed by atoms with Crippen LogP contribution in [-0.4, -0.2) is 17.6 Å². The molecule has 1 aliphatic carbocycles. The van der Waals surface area contributed by atoms with E-state index in [0.717, 1.165) is 30.7 Å². The minimum absolute atomic E-state index is 0.616. The molecule has 1 fully saturated rings. The Bertz CT molecular complexity index is 388. The van der Waals surface area contributed by atoms with Gasteiger partial charge < -0.3 is 5.32 Å². The summed E-state index contributed by atoms with van der Waals surface area (Å²) in [7, 11) is 0. The van der Waals surface area contributed by atoms with Gasteiger partial charge in [0.25, 0.3) is 0 Å². The zero-order valence-corrected chi connectivity index (χ0v) is 13.6. The summed E-state index contributed by atoms with van der Waals surface area (Å²) in [6.07, 6.45) is 5.26. The first-order valence-electron chi connectivity index (χ1n) is 7.74. The third kappa shape index (κ3) is 4.03. The van der Waals surface area contributed by atoms with E-state index in [1.165, 1.54) is 30.0 Å². The van der Waals surface area contributed by atoms with Gasteiger partial charge in [-0.05, 0) is 44.1 Å². The first-order valence-corrected chi connectivity index (χ1v) is 8.62. The van der Waals surface area contributed by atoms with Gasteiger partial charge in [-0.25, -0.2) is 4.98 Å². The molecule has 2 nitrogen and oxygen atoms in total. The summed E-state index contributed by atoms with van der Waals surface area (Å²) in [6, 6.07) is 0.616. The fraction of sp³-hybridized carbons (Fsp3) is 0.812. The van der Waals surface area contributed by atoms with Gasteiger partial charge in [0.15, 0.2) is 0 Å². The summed E-state index contributed by atoms with van der Waals surface area (Å²) in [5.41, 5.74) is 1.17. The number of nitrogens with zero attached hydrogens (tertiary/aromatic N) is 1. The SMILES string of the molecule is CCNC(Cc1nc(C)cs1)C1CCC(C)C(C)C1. The van der Waals surface area contributed by atoms with Crippen LogP contribution in [0.1, 0.15) is 50.7 Å². The number of aromatic nitrogens is 1.